The van der Waals surface area contributed by atoms with Crippen molar-refractivity contribution in [2.24, 2.45) is 0 Å². The molecule has 0 fully saturated rings. The van der Waals surface area contributed by atoms with E-state index < -0.39 is 11.2 Å². The Morgan fingerprint density at radius 2 is 1.54 bits per heavy atom. The van der Waals surface area contributed by atoms with Crippen LogP contribution in [-0.4, -0.2) is 16.3 Å². The first-order valence-corrected chi connectivity index (χ1v) is 10.1. The van der Waals surface area contributed by atoms with Gasteiger partial charge < -0.3 is 5.11 Å². The number of carbonyl (C=O) groups is 1. The molecule has 0 heterocycles. The molecule has 0 aliphatic carbocycles. The quantitative estimate of drug-likeness (QED) is 0.473. The van der Waals surface area contributed by atoms with Gasteiger partial charge in [0.1, 0.15) is 5.25 Å². The third-order valence-electron chi connectivity index (χ3n) is 3.72. The normalized spacial score (nSPS) is 11.9. The molecule has 1 N–H and O–H groups in total. The number of carboxylic acids is 1. The van der Waals surface area contributed by atoms with E-state index in [1.54, 1.807) is 23.9 Å². The Balaban J connectivity index is 1.79. The summed E-state index contributed by atoms with van der Waals surface area (Å²) >= 11 is 8.91. The Morgan fingerprint density at radius 1 is 0.885 bits per heavy atom. The first-order valence-electron chi connectivity index (χ1n) is 8.07. The van der Waals surface area contributed by atoms with Crippen LogP contribution < -0.4 is 0 Å². The first kappa shape index (κ1) is 18.9. The zero-order valence-electron chi connectivity index (χ0n) is 13.8. The summed E-state index contributed by atoms with van der Waals surface area (Å²) in [6.45, 7) is 0. The maximum Gasteiger partial charge on any atom is 0.317 e. The molecule has 3 aromatic rings. The van der Waals surface area contributed by atoms with Crippen LogP contribution in [0.4, 0.5) is 0 Å². The molecule has 1 atom stereocenters. The summed E-state index contributed by atoms with van der Waals surface area (Å²) in [5.41, 5.74) is 1.04. The lowest BCUT2D eigenvalue weighted by Crippen LogP contribution is -2.19. The van der Waals surface area contributed by atoms with Crippen molar-refractivity contribution in [3.05, 3.63) is 89.4 Å². The molecule has 0 unspecified atom stereocenters. The minimum absolute atomic E-state index is 0.457. The molecule has 26 heavy (non-hydrogen) atoms. The Bertz CT molecular complexity index is 867. The second-order valence-corrected chi connectivity index (χ2v) is 8.45. The molecular formula is C21H17ClO2S2. The van der Waals surface area contributed by atoms with Crippen molar-refractivity contribution in [3.63, 3.8) is 0 Å². The van der Waals surface area contributed by atoms with Crippen molar-refractivity contribution in [2.75, 3.05) is 0 Å². The van der Waals surface area contributed by atoms with E-state index in [9.17, 15) is 9.90 Å². The van der Waals surface area contributed by atoms with Gasteiger partial charge in [-0.15, -0.1) is 11.8 Å². The van der Waals surface area contributed by atoms with Crippen LogP contribution in [0.5, 0.6) is 0 Å². The van der Waals surface area contributed by atoms with Gasteiger partial charge in [-0.25, -0.2) is 0 Å². The molecule has 3 rings (SSSR count). The Labute approximate surface area is 166 Å². The molecule has 0 aliphatic rings. The highest BCUT2D eigenvalue weighted by molar-refractivity contribution is 8.00. The third-order valence-corrected chi connectivity index (χ3v) is 6.29. The maximum absolute atomic E-state index is 11.8. The molecule has 0 spiro atoms. The Hall–Kier alpha value is -1.88. The van der Waals surface area contributed by atoms with Crippen LogP contribution in [0.3, 0.4) is 0 Å². The first-order chi connectivity index (χ1) is 12.6. The van der Waals surface area contributed by atoms with E-state index in [2.05, 4.69) is 12.1 Å². The summed E-state index contributed by atoms with van der Waals surface area (Å²) in [4.78, 5) is 14.9. The van der Waals surface area contributed by atoms with Crippen molar-refractivity contribution in [1.82, 2.24) is 0 Å². The van der Waals surface area contributed by atoms with E-state index in [0.29, 0.717) is 11.4 Å². The van der Waals surface area contributed by atoms with Crippen molar-refractivity contribution in [2.45, 2.75) is 26.4 Å². The summed E-state index contributed by atoms with van der Waals surface area (Å²) in [6, 6.07) is 25.3. The molecule has 0 bridgehead atoms. The fourth-order valence-electron chi connectivity index (χ4n) is 2.44. The van der Waals surface area contributed by atoms with E-state index in [-0.39, 0.29) is 0 Å². The molecule has 0 saturated heterocycles. The van der Waals surface area contributed by atoms with Crippen LogP contribution in [0.15, 0.2) is 93.5 Å². The highest BCUT2D eigenvalue weighted by Crippen LogP contribution is 2.33. The lowest BCUT2D eigenvalue weighted by atomic mass is 10.1. The van der Waals surface area contributed by atoms with Crippen LogP contribution in [0, 0.1) is 0 Å². The second kappa shape index (κ2) is 9.17. The monoisotopic (exact) mass is 400 g/mol. The van der Waals surface area contributed by atoms with Crippen LogP contribution in [0.1, 0.15) is 5.56 Å². The van der Waals surface area contributed by atoms with Gasteiger partial charge in [-0.3, -0.25) is 4.79 Å². The van der Waals surface area contributed by atoms with Gasteiger partial charge in [0, 0.05) is 19.7 Å². The maximum atomic E-state index is 11.8. The fourth-order valence-corrected chi connectivity index (χ4v) is 4.53. The molecule has 2 nitrogen and oxygen atoms in total. The largest absolute Gasteiger partial charge is 0.480 e. The van der Waals surface area contributed by atoms with Gasteiger partial charge in [0.25, 0.3) is 0 Å². The summed E-state index contributed by atoms with van der Waals surface area (Å²) in [5, 5.41) is 9.76. The summed E-state index contributed by atoms with van der Waals surface area (Å²) in [5.74, 6) is -0.815. The van der Waals surface area contributed by atoms with Gasteiger partial charge >= 0.3 is 5.97 Å². The second-order valence-electron chi connectivity index (χ2n) is 5.63. The number of hydrogen-bond donors (Lipinski definition) is 1. The Morgan fingerprint density at radius 3 is 2.23 bits per heavy atom. The molecular weight excluding hydrogens is 384 g/mol. The standard InChI is InChI=1S/C21H17ClO2S2/c22-16-10-12-18(13-11-16)26-20(21(23)24)14-15-6-4-5-9-19(15)25-17-7-2-1-3-8-17/h1-13,20H,14H2,(H,23,24)/t20-/m1/s1. The number of carboxylic acid groups (broad SMARTS) is 1. The van der Waals surface area contributed by atoms with E-state index in [0.717, 1.165) is 20.2 Å². The predicted octanol–water partition coefficient (Wildman–Crippen LogP) is 6.28. The summed E-state index contributed by atoms with van der Waals surface area (Å²) in [7, 11) is 0. The number of aliphatic carboxylic acids is 1. The van der Waals surface area contributed by atoms with Gasteiger partial charge in [-0.2, -0.15) is 0 Å². The zero-order chi connectivity index (χ0) is 18.4. The lowest BCUT2D eigenvalue weighted by Gasteiger charge is -2.15. The van der Waals surface area contributed by atoms with Crippen molar-refractivity contribution in [3.8, 4) is 0 Å². The highest BCUT2D eigenvalue weighted by Gasteiger charge is 2.21. The SMILES string of the molecule is O=C(O)[C@@H](Cc1ccccc1Sc1ccccc1)Sc1ccc(Cl)cc1. The summed E-state index contributed by atoms with van der Waals surface area (Å²) in [6.07, 6.45) is 0.457. The molecule has 132 valence electrons. The molecule has 0 saturated carbocycles. The van der Waals surface area contributed by atoms with Gasteiger partial charge in [0.05, 0.1) is 0 Å². The average molecular weight is 401 g/mol. The van der Waals surface area contributed by atoms with Crippen molar-refractivity contribution < 1.29 is 9.90 Å². The molecule has 0 aliphatic heterocycles. The number of hydrogen-bond acceptors (Lipinski definition) is 3. The van der Waals surface area contributed by atoms with Crippen LogP contribution >= 0.6 is 35.1 Å². The smallest absolute Gasteiger partial charge is 0.317 e. The van der Waals surface area contributed by atoms with Crippen molar-refractivity contribution in [1.29, 1.82) is 0 Å². The van der Waals surface area contributed by atoms with Crippen LogP contribution in [0.2, 0.25) is 5.02 Å². The highest BCUT2D eigenvalue weighted by atomic mass is 35.5. The van der Waals surface area contributed by atoms with E-state index in [1.165, 1.54) is 11.8 Å². The summed E-state index contributed by atoms with van der Waals surface area (Å²) < 4.78 is 0. The molecule has 3 aromatic carbocycles. The predicted molar refractivity (Wildman–Crippen MR) is 109 cm³/mol. The molecule has 5 heteroatoms. The van der Waals surface area contributed by atoms with Gasteiger partial charge in [-0.1, -0.05) is 59.8 Å². The molecule has 0 radical (unpaired) electrons. The van der Waals surface area contributed by atoms with E-state index in [4.69, 9.17) is 11.6 Å². The van der Waals surface area contributed by atoms with Crippen molar-refractivity contribution >= 4 is 41.1 Å². The number of benzene rings is 3. The van der Waals surface area contributed by atoms with Crippen LogP contribution in [0.25, 0.3) is 0 Å². The minimum Gasteiger partial charge on any atom is -0.480 e. The van der Waals surface area contributed by atoms with Gasteiger partial charge in [-0.05, 0) is 54.4 Å². The fraction of sp³-hybridized carbons (Fsp3) is 0.0952. The Kier molecular flexibility index (Phi) is 6.67. The van der Waals surface area contributed by atoms with E-state index >= 15 is 0 Å². The van der Waals surface area contributed by atoms with E-state index in [1.807, 2.05) is 54.6 Å². The third kappa shape index (κ3) is 5.31. The van der Waals surface area contributed by atoms with Gasteiger partial charge in [0.15, 0.2) is 0 Å². The average Bonchev–Trinajstić information content (AvgIpc) is 2.65. The zero-order valence-corrected chi connectivity index (χ0v) is 16.2. The molecule has 0 amide bonds. The molecule has 0 aromatic heterocycles. The topological polar surface area (TPSA) is 37.3 Å². The minimum atomic E-state index is -0.815. The lowest BCUT2D eigenvalue weighted by molar-refractivity contribution is -0.136. The number of rotatable bonds is 7. The van der Waals surface area contributed by atoms with Crippen LogP contribution in [-0.2, 0) is 11.2 Å². The van der Waals surface area contributed by atoms with Gasteiger partial charge in [0.2, 0.25) is 0 Å². The number of thioether (sulfide) groups is 1. The number of halogens is 1.